The molecule has 98 valence electrons. The topological polar surface area (TPSA) is 53.0 Å². The second-order valence-electron chi connectivity index (χ2n) is 4.23. The lowest BCUT2D eigenvalue weighted by Gasteiger charge is -2.30. The molecule has 1 aromatic carbocycles. The third-order valence-electron chi connectivity index (χ3n) is 2.42. The molecule has 0 aromatic heterocycles. The Balaban J connectivity index is 3.19. The lowest BCUT2D eigenvalue weighted by atomic mass is 10.1. The highest BCUT2D eigenvalue weighted by atomic mass is 19.4. The van der Waals surface area contributed by atoms with E-state index >= 15 is 0 Å². The van der Waals surface area contributed by atoms with E-state index in [1.54, 1.807) is 13.8 Å². The van der Waals surface area contributed by atoms with Gasteiger partial charge in [0, 0.05) is 11.7 Å². The molecule has 2 N–H and O–H groups in total. The highest BCUT2D eigenvalue weighted by molar-refractivity contribution is 5.64. The van der Waals surface area contributed by atoms with Crippen molar-refractivity contribution in [2.75, 3.05) is 17.2 Å². The number of nitrogens with zero attached hydrogens (tertiary/aromatic N) is 2. The van der Waals surface area contributed by atoms with Crippen LogP contribution in [0.3, 0.4) is 0 Å². The average molecular weight is 257 g/mol. The van der Waals surface area contributed by atoms with E-state index in [2.05, 4.69) is 0 Å². The van der Waals surface area contributed by atoms with Crippen LogP contribution in [-0.2, 0) is 0 Å². The van der Waals surface area contributed by atoms with Crippen LogP contribution in [0.2, 0.25) is 0 Å². The lowest BCUT2D eigenvalue weighted by molar-refractivity contribution is -0.120. The Bertz CT molecular complexity index is 461. The maximum atomic E-state index is 12.5. The van der Waals surface area contributed by atoms with Gasteiger partial charge in [0.15, 0.2) is 0 Å². The van der Waals surface area contributed by atoms with Crippen LogP contribution in [0.25, 0.3) is 0 Å². The smallest absolute Gasteiger partial charge is 0.399 e. The highest BCUT2D eigenvalue weighted by Crippen LogP contribution is 2.28. The first-order valence-electron chi connectivity index (χ1n) is 5.37. The maximum absolute atomic E-state index is 12.5. The lowest BCUT2D eigenvalue weighted by Crippen LogP contribution is -2.39. The standard InChI is InChI=1S/C12H14F3N3/c1-8(2)18(7-12(13,14)15)11-4-3-10(17)5-9(11)6-16/h3-5,8H,7,17H2,1-2H3. The van der Waals surface area contributed by atoms with E-state index in [4.69, 9.17) is 11.0 Å². The van der Waals surface area contributed by atoms with Crippen molar-refractivity contribution in [3.05, 3.63) is 23.8 Å². The van der Waals surface area contributed by atoms with Gasteiger partial charge in [-0.15, -0.1) is 0 Å². The molecule has 1 rings (SSSR count). The van der Waals surface area contributed by atoms with E-state index in [1.165, 1.54) is 18.2 Å². The van der Waals surface area contributed by atoms with Gasteiger partial charge in [-0.05, 0) is 32.0 Å². The SMILES string of the molecule is CC(C)N(CC(F)(F)F)c1ccc(N)cc1C#N. The first-order chi connectivity index (χ1) is 8.24. The first-order valence-corrected chi connectivity index (χ1v) is 5.37. The number of halogens is 3. The summed E-state index contributed by atoms with van der Waals surface area (Å²) in [5.41, 5.74) is 6.26. The predicted molar refractivity (Wildman–Crippen MR) is 64.1 cm³/mol. The summed E-state index contributed by atoms with van der Waals surface area (Å²) in [4.78, 5) is 1.14. The number of anilines is 2. The fraction of sp³-hybridized carbons (Fsp3) is 0.417. The van der Waals surface area contributed by atoms with Crippen LogP contribution in [0.5, 0.6) is 0 Å². The second-order valence-corrected chi connectivity index (χ2v) is 4.23. The molecule has 0 unspecified atom stereocenters. The molecule has 0 heterocycles. The first kappa shape index (κ1) is 14.2. The zero-order valence-electron chi connectivity index (χ0n) is 10.1. The van der Waals surface area contributed by atoms with Gasteiger partial charge in [0.1, 0.15) is 12.6 Å². The van der Waals surface area contributed by atoms with Crippen molar-refractivity contribution in [2.45, 2.75) is 26.1 Å². The van der Waals surface area contributed by atoms with E-state index in [1.807, 2.05) is 6.07 Å². The number of nitrogen functional groups attached to an aromatic ring is 1. The Morgan fingerprint density at radius 3 is 2.44 bits per heavy atom. The van der Waals surface area contributed by atoms with Crippen molar-refractivity contribution < 1.29 is 13.2 Å². The zero-order chi connectivity index (χ0) is 13.9. The van der Waals surface area contributed by atoms with Crippen LogP contribution in [-0.4, -0.2) is 18.8 Å². The van der Waals surface area contributed by atoms with Gasteiger partial charge in [-0.3, -0.25) is 0 Å². The Kier molecular flexibility index (Phi) is 4.07. The molecule has 0 saturated carbocycles. The highest BCUT2D eigenvalue weighted by Gasteiger charge is 2.32. The van der Waals surface area contributed by atoms with E-state index in [-0.39, 0.29) is 17.3 Å². The summed E-state index contributed by atoms with van der Waals surface area (Å²) in [6, 6.07) is 5.80. The number of alkyl halides is 3. The Morgan fingerprint density at radius 1 is 1.39 bits per heavy atom. The summed E-state index contributed by atoms with van der Waals surface area (Å²) < 4.78 is 37.6. The van der Waals surface area contributed by atoms with E-state index in [0.29, 0.717) is 5.69 Å². The summed E-state index contributed by atoms with van der Waals surface area (Å²) in [5, 5.41) is 8.96. The minimum Gasteiger partial charge on any atom is -0.399 e. The molecule has 0 aliphatic carbocycles. The summed E-state index contributed by atoms with van der Waals surface area (Å²) >= 11 is 0. The monoisotopic (exact) mass is 257 g/mol. The normalized spacial score (nSPS) is 11.4. The molecule has 0 bridgehead atoms. The van der Waals surface area contributed by atoms with Crippen molar-refractivity contribution in [3.63, 3.8) is 0 Å². The van der Waals surface area contributed by atoms with Gasteiger partial charge in [0.2, 0.25) is 0 Å². The summed E-state index contributed by atoms with van der Waals surface area (Å²) in [7, 11) is 0. The van der Waals surface area contributed by atoms with E-state index in [0.717, 1.165) is 4.90 Å². The van der Waals surface area contributed by atoms with Crippen LogP contribution in [0.15, 0.2) is 18.2 Å². The van der Waals surface area contributed by atoms with Crippen molar-refractivity contribution in [2.24, 2.45) is 0 Å². The zero-order valence-corrected chi connectivity index (χ0v) is 10.1. The molecule has 0 aliphatic rings. The molecule has 6 heteroatoms. The fourth-order valence-electron chi connectivity index (χ4n) is 1.63. The second kappa shape index (κ2) is 5.17. The summed E-state index contributed by atoms with van der Waals surface area (Å²) in [6.45, 7) is 2.19. The Hall–Kier alpha value is -1.90. The minimum atomic E-state index is -4.32. The van der Waals surface area contributed by atoms with Crippen LogP contribution in [0, 0.1) is 11.3 Å². The van der Waals surface area contributed by atoms with Crippen molar-refractivity contribution in [1.82, 2.24) is 0 Å². The van der Waals surface area contributed by atoms with Gasteiger partial charge in [-0.25, -0.2) is 0 Å². The number of benzene rings is 1. The third-order valence-corrected chi connectivity index (χ3v) is 2.42. The van der Waals surface area contributed by atoms with Gasteiger partial charge in [-0.2, -0.15) is 18.4 Å². The molecular formula is C12H14F3N3. The average Bonchev–Trinajstić information content (AvgIpc) is 2.24. The van der Waals surface area contributed by atoms with E-state index in [9.17, 15) is 13.2 Å². The molecule has 18 heavy (non-hydrogen) atoms. The molecule has 0 saturated heterocycles. The molecule has 0 fully saturated rings. The molecule has 1 aromatic rings. The number of nitriles is 1. The number of hydrogen-bond donors (Lipinski definition) is 1. The van der Waals surface area contributed by atoms with Crippen LogP contribution < -0.4 is 10.6 Å². The Labute approximate surface area is 104 Å². The number of nitrogens with two attached hydrogens (primary N) is 1. The van der Waals surface area contributed by atoms with Crippen molar-refractivity contribution in [1.29, 1.82) is 5.26 Å². The fourth-order valence-corrected chi connectivity index (χ4v) is 1.63. The predicted octanol–water partition coefficient (Wildman–Crippen LogP) is 2.92. The van der Waals surface area contributed by atoms with Gasteiger partial charge in [0.25, 0.3) is 0 Å². The molecule has 0 atom stereocenters. The molecule has 3 nitrogen and oxygen atoms in total. The maximum Gasteiger partial charge on any atom is 0.405 e. The van der Waals surface area contributed by atoms with Gasteiger partial charge < -0.3 is 10.6 Å². The summed E-state index contributed by atoms with van der Waals surface area (Å²) in [6.07, 6.45) is -4.32. The molecule has 0 aliphatic heterocycles. The molecule has 0 radical (unpaired) electrons. The molecule has 0 spiro atoms. The van der Waals surface area contributed by atoms with Gasteiger partial charge in [0.05, 0.1) is 11.3 Å². The van der Waals surface area contributed by atoms with Crippen LogP contribution in [0.4, 0.5) is 24.5 Å². The van der Waals surface area contributed by atoms with Gasteiger partial charge >= 0.3 is 6.18 Å². The van der Waals surface area contributed by atoms with Crippen LogP contribution in [0.1, 0.15) is 19.4 Å². The van der Waals surface area contributed by atoms with Crippen molar-refractivity contribution >= 4 is 11.4 Å². The van der Waals surface area contributed by atoms with Crippen LogP contribution >= 0.6 is 0 Å². The Morgan fingerprint density at radius 2 is 2.00 bits per heavy atom. The quantitative estimate of drug-likeness (QED) is 0.847. The molecular weight excluding hydrogens is 243 g/mol. The number of rotatable bonds is 3. The van der Waals surface area contributed by atoms with Gasteiger partial charge in [-0.1, -0.05) is 0 Å². The third kappa shape index (κ3) is 3.55. The van der Waals surface area contributed by atoms with E-state index < -0.39 is 12.7 Å². The number of hydrogen-bond acceptors (Lipinski definition) is 3. The largest absolute Gasteiger partial charge is 0.405 e. The summed E-state index contributed by atoms with van der Waals surface area (Å²) in [5.74, 6) is 0. The molecule has 0 amide bonds. The van der Waals surface area contributed by atoms with Crippen molar-refractivity contribution in [3.8, 4) is 6.07 Å². The minimum absolute atomic E-state index is 0.146.